The molecule has 0 fully saturated rings. The van der Waals surface area contributed by atoms with Gasteiger partial charge in [0, 0.05) is 17.0 Å². The van der Waals surface area contributed by atoms with Crippen LogP contribution in [-0.4, -0.2) is 29.7 Å². The first-order valence-corrected chi connectivity index (χ1v) is 8.05. The van der Waals surface area contributed by atoms with Crippen LogP contribution in [0.25, 0.3) is 0 Å². The average molecular weight is 350 g/mol. The molecule has 2 rings (SSSR count). The van der Waals surface area contributed by atoms with E-state index in [9.17, 15) is 19.3 Å². The smallest absolute Gasteiger partial charge is 0.269 e. The zero-order chi connectivity index (χ0) is 17.4. The van der Waals surface area contributed by atoms with Gasteiger partial charge in [-0.1, -0.05) is 0 Å². The lowest BCUT2D eigenvalue weighted by molar-refractivity contribution is -0.384. The number of carbonyl (C=O) groups is 1. The number of rotatable bonds is 8. The number of non-ortho nitro benzene ring substituents is 1. The summed E-state index contributed by atoms with van der Waals surface area (Å²) < 4.78 is 18.1. The Morgan fingerprint density at radius 1 is 1.17 bits per heavy atom. The summed E-state index contributed by atoms with van der Waals surface area (Å²) >= 11 is 1.29. The molecule has 0 atom stereocenters. The minimum absolute atomic E-state index is 0.0155. The highest BCUT2D eigenvalue weighted by Gasteiger charge is 2.06. The summed E-state index contributed by atoms with van der Waals surface area (Å²) in [5.41, 5.74) is 0.0155. The van der Waals surface area contributed by atoms with Gasteiger partial charge in [-0.05, 0) is 36.4 Å². The molecule has 126 valence electrons. The number of halogens is 1. The zero-order valence-corrected chi connectivity index (χ0v) is 13.4. The first-order chi connectivity index (χ1) is 11.5. The Hall–Kier alpha value is -2.61. The minimum Gasteiger partial charge on any atom is -0.492 e. The summed E-state index contributed by atoms with van der Waals surface area (Å²) in [6.45, 7) is 0.608. The van der Waals surface area contributed by atoms with Crippen LogP contribution >= 0.6 is 11.8 Å². The molecule has 0 saturated carbocycles. The fourth-order valence-corrected chi connectivity index (χ4v) is 2.48. The third-order valence-electron chi connectivity index (χ3n) is 2.92. The number of hydrogen-bond donors (Lipinski definition) is 1. The van der Waals surface area contributed by atoms with E-state index in [-0.39, 0.29) is 29.8 Å². The van der Waals surface area contributed by atoms with Crippen LogP contribution in [0, 0.1) is 15.9 Å². The lowest BCUT2D eigenvalue weighted by Gasteiger charge is -2.07. The molecule has 6 nitrogen and oxygen atoms in total. The summed E-state index contributed by atoms with van der Waals surface area (Å²) in [6, 6.07) is 11.6. The van der Waals surface area contributed by atoms with Crippen LogP contribution in [-0.2, 0) is 4.79 Å². The number of nitro groups is 1. The number of ether oxygens (including phenoxy) is 1. The van der Waals surface area contributed by atoms with Gasteiger partial charge >= 0.3 is 0 Å². The Morgan fingerprint density at radius 2 is 1.83 bits per heavy atom. The predicted molar refractivity (Wildman–Crippen MR) is 88.7 cm³/mol. The van der Waals surface area contributed by atoms with Gasteiger partial charge in [-0.25, -0.2) is 4.39 Å². The lowest BCUT2D eigenvalue weighted by Crippen LogP contribution is -2.29. The van der Waals surface area contributed by atoms with E-state index in [1.807, 2.05) is 0 Å². The fourth-order valence-electron chi connectivity index (χ4n) is 1.75. The average Bonchev–Trinajstić information content (AvgIpc) is 2.59. The summed E-state index contributed by atoms with van der Waals surface area (Å²) in [5.74, 6) is 0.236. The van der Waals surface area contributed by atoms with E-state index >= 15 is 0 Å². The molecule has 0 saturated heterocycles. The Balaban J connectivity index is 1.64. The molecule has 0 aromatic heterocycles. The van der Waals surface area contributed by atoms with Gasteiger partial charge in [0.05, 0.1) is 17.2 Å². The zero-order valence-electron chi connectivity index (χ0n) is 12.6. The summed E-state index contributed by atoms with van der Waals surface area (Å²) in [4.78, 5) is 22.6. The molecule has 0 spiro atoms. The molecule has 2 aromatic rings. The molecular formula is C16H15FN2O4S. The summed E-state index contributed by atoms with van der Waals surface area (Å²) in [6.07, 6.45) is 0. The van der Waals surface area contributed by atoms with Crippen molar-refractivity contribution in [3.05, 3.63) is 64.5 Å². The highest BCUT2D eigenvalue weighted by atomic mass is 32.2. The number of carbonyl (C=O) groups excluding carboxylic acids is 1. The van der Waals surface area contributed by atoms with Crippen molar-refractivity contribution >= 4 is 23.4 Å². The van der Waals surface area contributed by atoms with Gasteiger partial charge in [-0.3, -0.25) is 14.9 Å². The largest absolute Gasteiger partial charge is 0.492 e. The highest BCUT2D eigenvalue weighted by molar-refractivity contribution is 8.00. The maximum absolute atomic E-state index is 12.7. The van der Waals surface area contributed by atoms with Crippen molar-refractivity contribution in [2.75, 3.05) is 18.9 Å². The first kappa shape index (κ1) is 17.7. The molecule has 0 bridgehead atoms. The Kier molecular flexibility index (Phi) is 6.56. The number of nitrogens with one attached hydrogen (secondary N) is 1. The van der Waals surface area contributed by atoms with Gasteiger partial charge in [0.25, 0.3) is 5.69 Å². The quantitative estimate of drug-likeness (QED) is 0.342. The number of thioether (sulfide) groups is 1. The lowest BCUT2D eigenvalue weighted by atomic mass is 10.3. The molecule has 0 aliphatic heterocycles. The summed E-state index contributed by atoms with van der Waals surface area (Å²) in [5, 5.41) is 13.2. The maximum Gasteiger partial charge on any atom is 0.269 e. The normalized spacial score (nSPS) is 10.2. The maximum atomic E-state index is 12.7. The van der Waals surface area contributed by atoms with Crippen LogP contribution in [0.15, 0.2) is 53.4 Å². The van der Waals surface area contributed by atoms with Crippen molar-refractivity contribution < 1.29 is 18.8 Å². The van der Waals surface area contributed by atoms with Gasteiger partial charge in [0.1, 0.15) is 18.2 Å². The number of nitrogens with zero attached hydrogens (tertiary/aromatic N) is 1. The van der Waals surface area contributed by atoms with E-state index in [2.05, 4.69) is 5.32 Å². The van der Waals surface area contributed by atoms with Crippen LogP contribution in [0.5, 0.6) is 5.75 Å². The van der Waals surface area contributed by atoms with Gasteiger partial charge < -0.3 is 10.1 Å². The van der Waals surface area contributed by atoms with Crippen molar-refractivity contribution in [2.45, 2.75) is 4.90 Å². The number of hydrogen-bond acceptors (Lipinski definition) is 5. The molecule has 0 heterocycles. The second-order valence-corrected chi connectivity index (χ2v) is 5.74. The van der Waals surface area contributed by atoms with Crippen LogP contribution in [0.1, 0.15) is 0 Å². The third kappa shape index (κ3) is 5.88. The van der Waals surface area contributed by atoms with Crippen molar-refractivity contribution in [1.82, 2.24) is 5.32 Å². The molecule has 1 N–H and O–H groups in total. The molecule has 0 aliphatic carbocycles. The first-order valence-electron chi connectivity index (χ1n) is 7.07. The van der Waals surface area contributed by atoms with Crippen molar-refractivity contribution in [1.29, 1.82) is 0 Å². The van der Waals surface area contributed by atoms with E-state index in [1.165, 1.54) is 48.2 Å². The van der Waals surface area contributed by atoms with Gasteiger partial charge in [0.2, 0.25) is 5.91 Å². The highest BCUT2D eigenvalue weighted by Crippen LogP contribution is 2.21. The van der Waals surface area contributed by atoms with Gasteiger partial charge in [-0.15, -0.1) is 11.8 Å². The van der Waals surface area contributed by atoms with Crippen molar-refractivity contribution in [2.24, 2.45) is 0 Å². The van der Waals surface area contributed by atoms with E-state index in [4.69, 9.17) is 4.74 Å². The molecule has 8 heteroatoms. The predicted octanol–water partition coefficient (Wildman–Crippen LogP) is 3.02. The monoisotopic (exact) mass is 350 g/mol. The van der Waals surface area contributed by atoms with E-state index < -0.39 is 4.92 Å². The molecule has 0 aliphatic rings. The second-order valence-electron chi connectivity index (χ2n) is 4.69. The van der Waals surface area contributed by atoms with E-state index in [0.717, 1.165) is 4.90 Å². The minimum atomic E-state index is -0.470. The SMILES string of the molecule is O=C(CSc1ccc([N+](=O)[O-])cc1)NCCOc1ccc(F)cc1. The summed E-state index contributed by atoms with van der Waals surface area (Å²) in [7, 11) is 0. The van der Waals surface area contributed by atoms with Crippen molar-refractivity contribution in [3.63, 3.8) is 0 Å². The van der Waals surface area contributed by atoms with Crippen LogP contribution in [0.3, 0.4) is 0 Å². The molecule has 1 amide bonds. The second kappa shape index (κ2) is 8.88. The van der Waals surface area contributed by atoms with Gasteiger partial charge in [0.15, 0.2) is 0 Å². The standard InChI is InChI=1S/C16H15FN2O4S/c17-12-1-5-14(6-2-12)23-10-9-18-16(20)11-24-15-7-3-13(4-8-15)19(21)22/h1-8H,9-11H2,(H,18,20). The number of amides is 1. The number of benzene rings is 2. The Labute approximate surface area is 142 Å². The molecule has 0 radical (unpaired) electrons. The van der Waals surface area contributed by atoms with E-state index in [1.54, 1.807) is 12.1 Å². The van der Waals surface area contributed by atoms with Crippen LogP contribution in [0.4, 0.5) is 10.1 Å². The Bertz CT molecular complexity index is 692. The number of nitro benzene ring substituents is 1. The molecule has 0 unspecified atom stereocenters. The third-order valence-corrected chi connectivity index (χ3v) is 3.94. The molecule has 2 aromatic carbocycles. The molecule has 24 heavy (non-hydrogen) atoms. The molecular weight excluding hydrogens is 335 g/mol. The topological polar surface area (TPSA) is 81.5 Å². The van der Waals surface area contributed by atoms with Gasteiger partial charge in [-0.2, -0.15) is 0 Å². The Morgan fingerprint density at radius 3 is 2.46 bits per heavy atom. The van der Waals surface area contributed by atoms with E-state index in [0.29, 0.717) is 12.3 Å². The van der Waals surface area contributed by atoms with Crippen molar-refractivity contribution in [3.8, 4) is 5.75 Å². The van der Waals surface area contributed by atoms with Crippen LogP contribution < -0.4 is 10.1 Å². The van der Waals surface area contributed by atoms with Crippen LogP contribution in [0.2, 0.25) is 0 Å². The fraction of sp³-hybridized carbons (Fsp3) is 0.188.